The van der Waals surface area contributed by atoms with Gasteiger partial charge >= 0.3 is 5.97 Å². The summed E-state index contributed by atoms with van der Waals surface area (Å²) in [4.78, 5) is 12.2. The zero-order chi connectivity index (χ0) is 10.4. The van der Waals surface area contributed by atoms with Crippen LogP contribution in [0.3, 0.4) is 0 Å². The molecule has 14 heavy (non-hydrogen) atoms. The molecule has 1 aromatic rings. The molecule has 5 heteroatoms. The van der Waals surface area contributed by atoms with Crippen molar-refractivity contribution < 1.29 is 15.1 Å². The maximum atomic E-state index is 10.2. The lowest BCUT2D eigenvalue weighted by atomic mass is 10.2. The standard InChI is InChI=1S/C9H11NO3S/c11-9(12)3-1-2-7-4-5-8(14-7)6-10-13/h4-6,13H,1-3H2,(H,11,12). The van der Waals surface area contributed by atoms with E-state index in [1.165, 1.54) is 17.6 Å². The summed E-state index contributed by atoms with van der Waals surface area (Å²) >= 11 is 1.51. The van der Waals surface area contributed by atoms with Gasteiger partial charge in [-0.2, -0.15) is 0 Å². The fourth-order valence-corrected chi connectivity index (χ4v) is 1.99. The Balaban J connectivity index is 2.39. The number of aliphatic carboxylic acids is 1. The molecule has 0 spiro atoms. The lowest BCUT2D eigenvalue weighted by molar-refractivity contribution is -0.137. The molecule has 0 fully saturated rings. The predicted octanol–water partition coefficient (Wildman–Crippen LogP) is 1.96. The summed E-state index contributed by atoms with van der Waals surface area (Å²) in [6.45, 7) is 0. The maximum Gasteiger partial charge on any atom is 0.303 e. The third-order valence-electron chi connectivity index (χ3n) is 1.68. The first-order valence-electron chi connectivity index (χ1n) is 4.20. The highest BCUT2D eigenvalue weighted by Crippen LogP contribution is 2.16. The molecule has 0 unspecified atom stereocenters. The second kappa shape index (κ2) is 5.39. The minimum Gasteiger partial charge on any atom is -0.481 e. The molecular weight excluding hydrogens is 202 g/mol. The number of thiophene rings is 1. The van der Waals surface area contributed by atoms with E-state index in [-0.39, 0.29) is 6.42 Å². The van der Waals surface area contributed by atoms with Crippen molar-refractivity contribution in [2.75, 3.05) is 0 Å². The minimum atomic E-state index is -0.765. The average Bonchev–Trinajstić information content (AvgIpc) is 2.53. The number of hydrogen-bond donors (Lipinski definition) is 2. The Morgan fingerprint density at radius 1 is 1.57 bits per heavy atom. The number of carbonyl (C=O) groups is 1. The first-order valence-corrected chi connectivity index (χ1v) is 5.02. The summed E-state index contributed by atoms with van der Waals surface area (Å²) in [6, 6.07) is 3.77. The fourth-order valence-electron chi connectivity index (χ4n) is 1.07. The van der Waals surface area contributed by atoms with Gasteiger partial charge in [-0.15, -0.1) is 11.3 Å². The van der Waals surface area contributed by atoms with E-state index in [4.69, 9.17) is 10.3 Å². The van der Waals surface area contributed by atoms with Crippen molar-refractivity contribution in [1.82, 2.24) is 0 Å². The van der Waals surface area contributed by atoms with Crippen LogP contribution >= 0.6 is 11.3 Å². The van der Waals surface area contributed by atoms with Crippen LogP contribution in [-0.4, -0.2) is 22.5 Å². The van der Waals surface area contributed by atoms with E-state index < -0.39 is 5.97 Å². The second-order valence-corrected chi connectivity index (χ2v) is 4.00. The van der Waals surface area contributed by atoms with Crippen LogP contribution in [0, 0.1) is 0 Å². The van der Waals surface area contributed by atoms with Crippen LogP contribution in [-0.2, 0) is 11.2 Å². The Hall–Kier alpha value is -1.36. The summed E-state index contributed by atoms with van der Waals surface area (Å²) in [5.41, 5.74) is 0. The Bertz CT molecular complexity index is 333. The molecular formula is C9H11NO3S. The lowest BCUT2D eigenvalue weighted by Crippen LogP contribution is -1.94. The highest BCUT2D eigenvalue weighted by Gasteiger charge is 2.00. The zero-order valence-corrected chi connectivity index (χ0v) is 8.33. The minimum absolute atomic E-state index is 0.196. The van der Waals surface area contributed by atoms with Gasteiger partial charge in [-0.25, -0.2) is 0 Å². The molecule has 76 valence electrons. The molecule has 2 N–H and O–H groups in total. The Morgan fingerprint density at radius 3 is 3.00 bits per heavy atom. The van der Waals surface area contributed by atoms with Gasteiger partial charge in [0.2, 0.25) is 0 Å². The van der Waals surface area contributed by atoms with E-state index in [2.05, 4.69) is 5.16 Å². The van der Waals surface area contributed by atoms with Gasteiger partial charge in [0, 0.05) is 16.2 Å². The molecule has 1 aromatic heterocycles. The highest BCUT2D eigenvalue weighted by molar-refractivity contribution is 7.13. The third kappa shape index (κ3) is 3.57. The van der Waals surface area contributed by atoms with Crippen molar-refractivity contribution in [3.8, 4) is 0 Å². The monoisotopic (exact) mass is 213 g/mol. The van der Waals surface area contributed by atoms with Crippen LogP contribution in [0.25, 0.3) is 0 Å². The predicted molar refractivity (Wildman–Crippen MR) is 54.3 cm³/mol. The summed E-state index contributed by atoms with van der Waals surface area (Å²) in [5.74, 6) is -0.765. The smallest absolute Gasteiger partial charge is 0.303 e. The number of rotatable bonds is 5. The van der Waals surface area contributed by atoms with Crippen molar-refractivity contribution in [3.05, 3.63) is 21.9 Å². The topological polar surface area (TPSA) is 69.9 Å². The van der Waals surface area contributed by atoms with Crippen LogP contribution in [0.15, 0.2) is 17.3 Å². The van der Waals surface area contributed by atoms with Gasteiger partial charge in [0.05, 0.1) is 6.21 Å². The van der Waals surface area contributed by atoms with E-state index >= 15 is 0 Å². The van der Waals surface area contributed by atoms with Crippen LogP contribution in [0.5, 0.6) is 0 Å². The van der Waals surface area contributed by atoms with Gasteiger partial charge in [0.25, 0.3) is 0 Å². The molecule has 0 aliphatic heterocycles. The molecule has 0 radical (unpaired) electrons. The third-order valence-corrected chi connectivity index (χ3v) is 2.76. The Labute approximate surface area is 85.5 Å². The molecule has 0 atom stereocenters. The van der Waals surface area contributed by atoms with Crippen LogP contribution in [0.4, 0.5) is 0 Å². The molecule has 0 aliphatic rings. The highest BCUT2D eigenvalue weighted by atomic mass is 32.1. The van der Waals surface area contributed by atoms with Crippen molar-refractivity contribution >= 4 is 23.5 Å². The lowest BCUT2D eigenvalue weighted by Gasteiger charge is -1.93. The average molecular weight is 213 g/mol. The van der Waals surface area contributed by atoms with Crippen molar-refractivity contribution in [2.45, 2.75) is 19.3 Å². The van der Waals surface area contributed by atoms with Crippen LogP contribution in [0.2, 0.25) is 0 Å². The van der Waals surface area contributed by atoms with Crippen molar-refractivity contribution in [1.29, 1.82) is 0 Å². The van der Waals surface area contributed by atoms with Gasteiger partial charge in [-0.1, -0.05) is 5.16 Å². The van der Waals surface area contributed by atoms with E-state index in [0.29, 0.717) is 6.42 Å². The number of hydrogen-bond acceptors (Lipinski definition) is 4. The Kier molecular flexibility index (Phi) is 4.12. The van der Waals surface area contributed by atoms with Crippen LogP contribution < -0.4 is 0 Å². The summed E-state index contributed by atoms with van der Waals surface area (Å²) in [7, 11) is 0. The number of aryl methyl sites for hydroxylation is 1. The first kappa shape index (κ1) is 10.7. The van der Waals surface area contributed by atoms with Crippen molar-refractivity contribution in [2.24, 2.45) is 5.16 Å². The normalized spacial score (nSPS) is 10.9. The van der Waals surface area contributed by atoms with E-state index in [1.54, 1.807) is 0 Å². The molecule has 4 nitrogen and oxygen atoms in total. The molecule has 0 amide bonds. The maximum absolute atomic E-state index is 10.2. The Morgan fingerprint density at radius 2 is 2.36 bits per heavy atom. The van der Waals surface area contributed by atoms with Gasteiger partial charge in [-0.05, 0) is 25.0 Å². The number of oxime groups is 1. The zero-order valence-electron chi connectivity index (χ0n) is 7.51. The molecule has 1 heterocycles. The molecule has 0 saturated carbocycles. The molecule has 0 saturated heterocycles. The number of carboxylic acid groups (broad SMARTS) is 1. The van der Waals surface area contributed by atoms with E-state index in [1.807, 2.05) is 12.1 Å². The summed E-state index contributed by atoms with van der Waals surface area (Å²) in [6.07, 6.45) is 2.97. The number of carboxylic acids is 1. The largest absolute Gasteiger partial charge is 0.481 e. The van der Waals surface area contributed by atoms with E-state index in [9.17, 15) is 4.79 Å². The van der Waals surface area contributed by atoms with Crippen LogP contribution in [0.1, 0.15) is 22.6 Å². The van der Waals surface area contributed by atoms with Gasteiger partial charge in [-0.3, -0.25) is 4.79 Å². The SMILES string of the molecule is O=C(O)CCCc1ccc(C=NO)s1. The number of nitrogens with zero attached hydrogens (tertiary/aromatic N) is 1. The molecule has 0 aliphatic carbocycles. The first-order chi connectivity index (χ1) is 6.72. The van der Waals surface area contributed by atoms with Crippen molar-refractivity contribution in [3.63, 3.8) is 0 Å². The fraction of sp³-hybridized carbons (Fsp3) is 0.333. The molecule has 0 bridgehead atoms. The summed E-state index contributed by atoms with van der Waals surface area (Å²) in [5, 5.41) is 19.6. The molecule has 0 aromatic carbocycles. The quantitative estimate of drug-likeness (QED) is 0.446. The second-order valence-electron chi connectivity index (χ2n) is 2.80. The molecule has 1 rings (SSSR count). The van der Waals surface area contributed by atoms with Gasteiger partial charge in [0.1, 0.15) is 0 Å². The van der Waals surface area contributed by atoms with E-state index in [0.717, 1.165) is 16.2 Å². The summed E-state index contributed by atoms with van der Waals surface area (Å²) < 4.78 is 0. The van der Waals surface area contributed by atoms with Gasteiger partial charge < -0.3 is 10.3 Å². The van der Waals surface area contributed by atoms with Gasteiger partial charge in [0.15, 0.2) is 0 Å².